The quantitative estimate of drug-likeness (QED) is 0.254. The summed E-state index contributed by atoms with van der Waals surface area (Å²) in [5.74, 6) is -1.18. The van der Waals surface area contributed by atoms with Crippen molar-refractivity contribution < 1.29 is 19.5 Å². The highest BCUT2D eigenvalue weighted by Gasteiger charge is 2.09. The number of carbonyl (C=O) groups is 1. The number of hydroxylamine groups is 1. The maximum absolute atomic E-state index is 14.3. The lowest BCUT2D eigenvalue weighted by atomic mass is 10.1. The molecule has 4 N–H and O–H groups in total. The first-order valence-corrected chi connectivity index (χ1v) is 9.39. The van der Waals surface area contributed by atoms with Gasteiger partial charge in [-0.05, 0) is 47.2 Å². The van der Waals surface area contributed by atoms with Gasteiger partial charge in [0, 0.05) is 43.0 Å². The summed E-state index contributed by atoms with van der Waals surface area (Å²) >= 11 is 0. The Morgan fingerprint density at radius 3 is 2.72 bits per heavy atom. The number of nitrogens with zero attached hydrogens (tertiary/aromatic N) is 1. The number of aliphatic hydroxyl groups is 1. The molecule has 1 aromatic heterocycles. The van der Waals surface area contributed by atoms with Crippen LogP contribution in [0.5, 0.6) is 0 Å². The van der Waals surface area contributed by atoms with Crippen molar-refractivity contribution in [2.45, 2.75) is 13.0 Å². The Bertz CT molecular complexity index is 1000. The van der Waals surface area contributed by atoms with Gasteiger partial charge in [0.25, 0.3) is 5.91 Å². The van der Waals surface area contributed by atoms with Crippen LogP contribution in [0.15, 0.2) is 54.7 Å². The minimum absolute atomic E-state index is 0.0231. The molecule has 0 aliphatic heterocycles. The molecule has 0 fully saturated rings. The van der Waals surface area contributed by atoms with Crippen molar-refractivity contribution in [2.24, 2.45) is 0 Å². The smallest absolute Gasteiger partial charge is 0.267 e. The highest BCUT2D eigenvalue weighted by molar-refractivity contribution is 5.90. The molecule has 29 heavy (non-hydrogen) atoms. The van der Waals surface area contributed by atoms with Gasteiger partial charge >= 0.3 is 0 Å². The predicted molar refractivity (Wildman–Crippen MR) is 110 cm³/mol. The molecule has 0 saturated heterocycles. The van der Waals surface area contributed by atoms with Crippen LogP contribution in [0.1, 0.15) is 16.7 Å². The number of amides is 1. The van der Waals surface area contributed by atoms with Gasteiger partial charge in [0.15, 0.2) is 0 Å². The van der Waals surface area contributed by atoms with Crippen LogP contribution in [-0.2, 0) is 17.8 Å². The number of hydrogen-bond donors (Lipinski definition) is 4. The van der Waals surface area contributed by atoms with E-state index in [2.05, 4.69) is 28.1 Å². The number of aliphatic hydroxyl groups excluding tert-OH is 1. The van der Waals surface area contributed by atoms with E-state index >= 15 is 0 Å². The van der Waals surface area contributed by atoms with Crippen molar-refractivity contribution in [3.05, 3.63) is 77.2 Å². The van der Waals surface area contributed by atoms with Crippen molar-refractivity contribution in [2.75, 3.05) is 19.7 Å². The number of aromatic amines is 1. The summed E-state index contributed by atoms with van der Waals surface area (Å²) in [6.07, 6.45) is 5.08. The fraction of sp³-hybridized carbons (Fsp3) is 0.227. The van der Waals surface area contributed by atoms with Crippen molar-refractivity contribution in [1.82, 2.24) is 15.4 Å². The molecule has 1 amide bonds. The number of fused-ring (bicyclic) bond motifs is 1. The molecule has 3 rings (SSSR count). The maximum atomic E-state index is 14.3. The van der Waals surface area contributed by atoms with Gasteiger partial charge in [-0.15, -0.1) is 0 Å². The second kappa shape index (κ2) is 9.97. The van der Waals surface area contributed by atoms with Gasteiger partial charge in [0.05, 0.1) is 6.61 Å². The van der Waals surface area contributed by atoms with Crippen LogP contribution in [0.4, 0.5) is 4.39 Å². The van der Waals surface area contributed by atoms with Crippen molar-refractivity contribution in [1.29, 1.82) is 0 Å². The lowest BCUT2D eigenvalue weighted by Gasteiger charge is -2.21. The third-order valence-corrected chi connectivity index (χ3v) is 4.75. The normalized spacial score (nSPS) is 11.6. The molecule has 0 saturated carbocycles. The first kappa shape index (κ1) is 20.7. The Hall–Kier alpha value is -3.00. The number of hydrogen-bond acceptors (Lipinski definition) is 4. The van der Waals surface area contributed by atoms with Crippen LogP contribution >= 0.6 is 0 Å². The summed E-state index contributed by atoms with van der Waals surface area (Å²) in [7, 11) is 0. The fourth-order valence-electron chi connectivity index (χ4n) is 3.21. The number of nitrogens with one attached hydrogen (secondary N) is 2. The van der Waals surface area contributed by atoms with Gasteiger partial charge in [0.1, 0.15) is 5.82 Å². The van der Waals surface area contributed by atoms with Crippen LogP contribution in [0, 0.1) is 5.82 Å². The van der Waals surface area contributed by atoms with Crippen LogP contribution in [-0.4, -0.2) is 45.8 Å². The molecule has 3 aromatic rings. The number of H-pyrrole nitrogens is 1. The highest BCUT2D eigenvalue weighted by atomic mass is 19.1. The zero-order valence-corrected chi connectivity index (χ0v) is 15.9. The second-order valence-corrected chi connectivity index (χ2v) is 6.81. The Morgan fingerprint density at radius 1 is 1.14 bits per heavy atom. The third kappa shape index (κ3) is 5.74. The fourth-order valence-corrected chi connectivity index (χ4v) is 3.21. The van der Waals surface area contributed by atoms with Gasteiger partial charge in [-0.25, -0.2) is 9.87 Å². The summed E-state index contributed by atoms with van der Waals surface area (Å²) in [5, 5.41) is 19.0. The van der Waals surface area contributed by atoms with E-state index in [1.165, 1.54) is 28.6 Å². The summed E-state index contributed by atoms with van der Waals surface area (Å²) in [4.78, 5) is 16.3. The third-order valence-electron chi connectivity index (χ3n) is 4.75. The molecule has 0 unspecified atom stereocenters. The zero-order chi connectivity index (χ0) is 20.6. The van der Waals surface area contributed by atoms with E-state index in [1.54, 1.807) is 12.1 Å². The molecule has 1 heterocycles. The first-order chi connectivity index (χ1) is 14.1. The second-order valence-electron chi connectivity index (χ2n) is 6.81. The number of halogens is 1. The van der Waals surface area contributed by atoms with Gasteiger partial charge in [0.2, 0.25) is 0 Å². The van der Waals surface area contributed by atoms with Crippen LogP contribution in [0.2, 0.25) is 0 Å². The minimum Gasteiger partial charge on any atom is -0.395 e. The summed E-state index contributed by atoms with van der Waals surface area (Å²) in [5.41, 5.74) is 4.78. The van der Waals surface area contributed by atoms with E-state index in [9.17, 15) is 14.3 Å². The molecule has 0 bridgehead atoms. The molecule has 0 aliphatic carbocycles. The minimum atomic E-state index is -0.722. The average Bonchev–Trinajstić information content (AvgIpc) is 3.19. The van der Waals surface area contributed by atoms with E-state index in [-0.39, 0.29) is 12.2 Å². The molecular weight excluding hydrogens is 373 g/mol. The molecular formula is C22H24FN3O3. The molecule has 7 heteroatoms. The lowest BCUT2D eigenvalue weighted by molar-refractivity contribution is -0.124. The van der Waals surface area contributed by atoms with Crippen molar-refractivity contribution in [3.63, 3.8) is 0 Å². The number of benzene rings is 2. The van der Waals surface area contributed by atoms with Gasteiger partial charge < -0.3 is 10.1 Å². The van der Waals surface area contributed by atoms with Gasteiger partial charge in [-0.2, -0.15) is 0 Å². The van der Waals surface area contributed by atoms with Crippen LogP contribution in [0.25, 0.3) is 17.0 Å². The van der Waals surface area contributed by atoms with E-state index in [0.717, 1.165) is 30.1 Å². The van der Waals surface area contributed by atoms with E-state index < -0.39 is 11.7 Å². The molecule has 6 nitrogen and oxygen atoms in total. The van der Waals surface area contributed by atoms with E-state index in [4.69, 9.17) is 5.21 Å². The van der Waals surface area contributed by atoms with E-state index in [1.807, 2.05) is 12.3 Å². The van der Waals surface area contributed by atoms with Gasteiger partial charge in [-0.1, -0.05) is 24.3 Å². The molecule has 152 valence electrons. The molecule has 0 atom stereocenters. The lowest BCUT2D eigenvalue weighted by Crippen LogP contribution is -2.28. The average molecular weight is 397 g/mol. The molecule has 0 radical (unpaired) electrons. The van der Waals surface area contributed by atoms with E-state index in [0.29, 0.717) is 13.1 Å². The Balaban J connectivity index is 1.64. The van der Waals surface area contributed by atoms with Crippen molar-refractivity contribution >= 4 is 22.9 Å². The monoisotopic (exact) mass is 397 g/mol. The largest absolute Gasteiger partial charge is 0.395 e. The Morgan fingerprint density at radius 2 is 1.97 bits per heavy atom. The molecule has 0 aliphatic rings. The Labute approximate surface area is 168 Å². The highest BCUT2D eigenvalue weighted by Crippen LogP contribution is 2.17. The Kier molecular flexibility index (Phi) is 7.13. The predicted octanol–water partition coefficient (Wildman–Crippen LogP) is 2.86. The zero-order valence-electron chi connectivity index (χ0n) is 15.9. The number of carbonyl (C=O) groups excluding carboxylic acids is 1. The number of rotatable bonds is 9. The molecule has 2 aromatic carbocycles. The van der Waals surface area contributed by atoms with Gasteiger partial charge in [-0.3, -0.25) is 14.9 Å². The maximum Gasteiger partial charge on any atom is 0.267 e. The van der Waals surface area contributed by atoms with Crippen LogP contribution in [0.3, 0.4) is 0 Å². The summed E-state index contributed by atoms with van der Waals surface area (Å²) in [6, 6.07) is 13.1. The number of aromatic nitrogens is 1. The standard InChI is InChI=1S/C22H24FN3O3/c23-20-13-17(2-3-18(20)5-6-22(28)25-29)15-26(11-12-27)10-8-16-1-4-19-7-9-24-21(19)14-16/h1-7,9,13-14,24,27,29H,8,10-12,15H2,(H,25,28)/b6-5+. The molecule has 0 spiro atoms. The van der Waals surface area contributed by atoms with Crippen LogP contribution < -0.4 is 5.48 Å². The topological polar surface area (TPSA) is 88.6 Å². The van der Waals surface area contributed by atoms with Crippen molar-refractivity contribution in [3.8, 4) is 0 Å². The SMILES string of the molecule is O=C(/C=C/c1ccc(CN(CCO)CCc2ccc3cc[nH]c3c2)cc1F)NO. The summed E-state index contributed by atoms with van der Waals surface area (Å²) < 4.78 is 14.3. The summed E-state index contributed by atoms with van der Waals surface area (Å²) in [6.45, 7) is 1.75. The first-order valence-electron chi connectivity index (χ1n) is 9.39.